The van der Waals surface area contributed by atoms with Gasteiger partial charge in [-0.2, -0.15) is 0 Å². The van der Waals surface area contributed by atoms with Crippen LogP contribution in [0.3, 0.4) is 0 Å². The maximum atomic E-state index is 12.7. The summed E-state index contributed by atoms with van der Waals surface area (Å²) in [7, 11) is 1.37. The molecule has 0 radical (unpaired) electrons. The van der Waals surface area contributed by atoms with Crippen molar-refractivity contribution >= 4 is 11.9 Å². The van der Waals surface area contributed by atoms with Crippen LogP contribution in [-0.4, -0.2) is 111 Å². The van der Waals surface area contributed by atoms with Gasteiger partial charge in [-0.15, -0.1) is 0 Å². The largest absolute Gasteiger partial charge is 0.435 e. The molecule has 6 unspecified atom stereocenters. The van der Waals surface area contributed by atoms with Gasteiger partial charge in [-0.3, -0.25) is 9.59 Å². The van der Waals surface area contributed by atoms with Crippen LogP contribution in [0.2, 0.25) is 0 Å². The van der Waals surface area contributed by atoms with Crippen molar-refractivity contribution in [3.05, 3.63) is 0 Å². The summed E-state index contributed by atoms with van der Waals surface area (Å²) in [4.78, 5) is 38.2. The number of ether oxygens (including phenoxy) is 3. The number of esters is 1. The van der Waals surface area contributed by atoms with Crippen LogP contribution in [0.1, 0.15) is 59.3 Å². The first-order chi connectivity index (χ1) is 18.3. The molecule has 5 aliphatic rings. The van der Waals surface area contributed by atoms with E-state index in [1.165, 1.54) is 7.05 Å². The van der Waals surface area contributed by atoms with Gasteiger partial charge in [-0.05, 0) is 38.0 Å². The molecule has 12 atom stereocenters. The lowest BCUT2D eigenvalue weighted by molar-refractivity contribution is -0.576. The average molecular weight is 562 g/mol. The minimum Gasteiger partial charge on any atom is -0.435 e. The minimum absolute atomic E-state index is 0.0155. The molecule has 5 N–H and O–H groups in total. The highest BCUT2D eigenvalue weighted by Gasteiger charge is 2.69. The second-order valence-corrected chi connectivity index (χ2v) is 11.8. The Morgan fingerprint density at radius 1 is 1.00 bits per heavy atom. The Labute approximate surface area is 227 Å². The lowest BCUT2D eigenvalue weighted by atomic mass is 9.58. The first-order valence-corrected chi connectivity index (χ1v) is 13.8. The molecule has 0 aromatic carbocycles. The standard InChI is InChI=1S/C26H43NO12/c1-13-5-6-16-14(2)23(36-24-26(16)15(13)9-10-25(3,37-24)38-39-26)35-20(32)8-7-19(31)27(4)11-17(29)21(33)22(34)18(30)12-28/h13-18,21-24,28-30,33-34H,5-12H2,1-4H3/t13-,14-,15?,16?,17?,18?,21?,22?,23-,24-,25+,26-/m1/s1. The van der Waals surface area contributed by atoms with Crippen LogP contribution in [0.4, 0.5) is 0 Å². The number of likely N-dealkylation sites (N-methyl/N-ethyl adjacent to an activating group) is 1. The number of fused-ring (bicyclic) bond motifs is 2. The van der Waals surface area contributed by atoms with E-state index in [4.69, 9.17) is 29.1 Å². The zero-order valence-corrected chi connectivity index (χ0v) is 23.0. The summed E-state index contributed by atoms with van der Waals surface area (Å²) in [6.07, 6.45) is -5.52. The summed E-state index contributed by atoms with van der Waals surface area (Å²) in [6.45, 7) is 4.81. The van der Waals surface area contributed by atoms with Crippen molar-refractivity contribution in [2.24, 2.45) is 23.7 Å². The van der Waals surface area contributed by atoms with Crippen LogP contribution in [-0.2, 0) is 33.6 Å². The number of nitrogens with zero attached hydrogens (tertiary/aromatic N) is 1. The molecule has 13 heteroatoms. The molecule has 1 saturated carbocycles. The van der Waals surface area contributed by atoms with E-state index >= 15 is 0 Å². The molecule has 5 rings (SSSR count). The quantitative estimate of drug-likeness (QED) is 0.169. The molecule has 39 heavy (non-hydrogen) atoms. The highest BCUT2D eigenvalue weighted by Crippen LogP contribution is 2.60. The third kappa shape index (κ3) is 5.84. The molecule has 1 aliphatic carbocycles. The number of aliphatic hydroxyl groups excluding tert-OH is 5. The molecular weight excluding hydrogens is 518 g/mol. The number of amides is 1. The van der Waals surface area contributed by atoms with Crippen molar-refractivity contribution in [1.82, 2.24) is 4.90 Å². The van der Waals surface area contributed by atoms with Crippen molar-refractivity contribution in [1.29, 1.82) is 0 Å². The zero-order chi connectivity index (χ0) is 28.7. The van der Waals surface area contributed by atoms with Crippen LogP contribution in [0.15, 0.2) is 0 Å². The highest BCUT2D eigenvalue weighted by molar-refractivity contribution is 5.81. The maximum Gasteiger partial charge on any atom is 0.308 e. The molecular formula is C26H43NO12. The van der Waals surface area contributed by atoms with Gasteiger partial charge in [-0.25, -0.2) is 9.78 Å². The summed E-state index contributed by atoms with van der Waals surface area (Å²) < 4.78 is 18.2. The lowest BCUT2D eigenvalue weighted by Crippen LogP contribution is -2.70. The third-order valence-corrected chi connectivity index (χ3v) is 9.10. The normalized spacial score (nSPS) is 40.5. The summed E-state index contributed by atoms with van der Waals surface area (Å²) in [6, 6.07) is 0. The highest BCUT2D eigenvalue weighted by atomic mass is 17.3. The topological polar surface area (TPSA) is 185 Å². The summed E-state index contributed by atoms with van der Waals surface area (Å²) in [5, 5.41) is 48.1. The Hall–Kier alpha value is -1.42. The van der Waals surface area contributed by atoms with Crippen LogP contribution in [0.25, 0.3) is 0 Å². The van der Waals surface area contributed by atoms with Crippen molar-refractivity contribution in [3.63, 3.8) is 0 Å². The summed E-state index contributed by atoms with van der Waals surface area (Å²) in [5.41, 5.74) is -0.777. The third-order valence-electron chi connectivity index (χ3n) is 9.10. The Morgan fingerprint density at radius 2 is 1.69 bits per heavy atom. The first-order valence-electron chi connectivity index (χ1n) is 13.8. The van der Waals surface area contributed by atoms with Gasteiger partial charge >= 0.3 is 5.97 Å². The molecule has 1 amide bonds. The molecule has 0 aromatic rings. The molecule has 2 bridgehead atoms. The molecule has 13 nitrogen and oxygen atoms in total. The van der Waals surface area contributed by atoms with Crippen LogP contribution < -0.4 is 0 Å². The number of hydrogen-bond acceptors (Lipinski definition) is 12. The van der Waals surface area contributed by atoms with Crippen molar-refractivity contribution < 1.29 is 59.1 Å². The van der Waals surface area contributed by atoms with Gasteiger partial charge < -0.3 is 44.6 Å². The SMILES string of the molecule is C[C@@H]1CCC2[C@@H](C)[C@H](OC(=O)CCC(=O)N(C)CC(O)C(O)C(O)C(O)CO)O[C@@H]3O[C@]4(C)CCC1[C@@]23OO4. The number of carbonyl (C=O) groups is 2. The van der Waals surface area contributed by atoms with Gasteiger partial charge in [0, 0.05) is 38.3 Å². The number of hydrogen-bond donors (Lipinski definition) is 5. The van der Waals surface area contributed by atoms with Crippen molar-refractivity contribution in [2.75, 3.05) is 20.2 Å². The first kappa shape index (κ1) is 30.5. The Bertz CT molecular complexity index is 891. The smallest absolute Gasteiger partial charge is 0.308 e. The number of rotatable bonds is 10. The molecule has 1 spiro atoms. The zero-order valence-electron chi connectivity index (χ0n) is 23.0. The van der Waals surface area contributed by atoms with Gasteiger partial charge in [-0.1, -0.05) is 13.8 Å². The van der Waals surface area contributed by atoms with Gasteiger partial charge in [0.25, 0.3) is 0 Å². The fourth-order valence-electron chi connectivity index (χ4n) is 6.65. The van der Waals surface area contributed by atoms with Gasteiger partial charge in [0.05, 0.1) is 13.0 Å². The molecule has 4 aliphatic heterocycles. The van der Waals surface area contributed by atoms with E-state index in [0.29, 0.717) is 12.3 Å². The van der Waals surface area contributed by atoms with Gasteiger partial charge in [0.2, 0.25) is 18.0 Å². The molecule has 4 heterocycles. The van der Waals surface area contributed by atoms with E-state index in [9.17, 15) is 30.0 Å². The molecule has 4 saturated heterocycles. The fraction of sp³-hybridized carbons (Fsp3) is 0.923. The predicted octanol–water partition coefficient (Wildman–Crippen LogP) is -0.588. The Kier molecular flexibility index (Phi) is 9.26. The van der Waals surface area contributed by atoms with E-state index in [1.54, 1.807) is 0 Å². The van der Waals surface area contributed by atoms with Crippen LogP contribution >= 0.6 is 0 Å². The second-order valence-electron chi connectivity index (χ2n) is 11.8. The Balaban J connectivity index is 1.32. The van der Waals surface area contributed by atoms with E-state index in [0.717, 1.165) is 24.2 Å². The second kappa shape index (κ2) is 11.8. The Morgan fingerprint density at radius 3 is 2.38 bits per heavy atom. The molecule has 224 valence electrons. The van der Waals surface area contributed by atoms with Crippen molar-refractivity contribution in [3.8, 4) is 0 Å². The van der Waals surface area contributed by atoms with E-state index in [-0.39, 0.29) is 37.1 Å². The van der Waals surface area contributed by atoms with Gasteiger partial charge in [0.1, 0.15) is 24.4 Å². The molecule has 5 fully saturated rings. The monoisotopic (exact) mass is 561 g/mol. The van der Waals surface area contributed by atoms with Crippen molar-refractivity contribution in [2.45, 2.75) is 108 Å². The van der Waals surface area contributed by atoms with E-state index in [1.807, 2.05) is 13.8 Å². The fourth-order valence-corrected chi connectivity index (χ4v) is 6.65. The van der Waals surface area contributed by atoms with Gasteiger partial charge in [0.15, 0.2) is 11.9 Å². The van der Waals surface area contributed by atoms with Crippen LogP contribution in [0.5, 0.6) is 0 Å². The van der Waals surface area contributed by atoms with E-state index in [2.05, 4.69) is 6.92 Å². The molecule has 0 aromatic heterocycles. The predicted molar refractivity (Wildman–Crippen MR) is 131 cm³/mol. The summed E-state index contributed by atoms with van der Waals surface area (Å²) in [5.74, 6) is -1.72. The number of carbonyl (C=O) groups excluding carboxylic acids is 2. The van der Waals surface area contributed by atoms with Crippen LogP contribution in [0, 0.1) is 23.7 Å². The van der Waals surface area contributed by atoms with E-state index < -0.39 is 66.9 Å². The maximum absolute atomic E-state index is 12.7. The summed E-state index contributed by atoms with van der Waals surface area (Å²) >= 11 is 0. The number of aliphatic hydroxyl groups is 5. The minimum atomic E-state index is -1.80. The average Bonchev–Trinajstić information content (AvgIpc) is 3.14. The lowest BCUT2D eigenvalue weighted by Gasteiger charge is -2.59.